The molecule has 28 heavy (non-hydrogen) atoms. The Balaban J connectivity index is 1.62. The molecule has 1 N–H and O–H groups in total. The number of carbonyl (C=O) groups is 1. The summed E-state index contributed by atoms with van der Waals surface area (Å²) in [6.07, 6.45) is 15.3. The largest absolute Gasteiger partial charge is 0.469 e. The van der Waals surface area contributed by atoms with Gasteiger partial charge in [-0.25, -0.2) is 0 Å². The van der Waals surface area contributed by atoms with Gasteiger partial charge in [-0.05, 0) is 36.8 Å². The highest BCUT2D eigenvalue weighted by molar-refractivity contribution is 5.69. The molecule has 5 nitrogen and oxygen atoms in total. The highest BCUT2D eigenvalue weighted by atomic mass is 16.5. The van der Waals surface area contributed by atoms with Gasteiger partial charge >= 0.3 is 5.97 Å². The molecule has 0 saturated carbocycles. The van der Waals surface area contributed by atoms with Gasteiger partial charge in [-0.2, -0.15) is 0 Å². The highest BCUT2D eigenvalue weighted by Crippen LogP contribution is 2.23. The van der Waals surface area contributed by atoms with Gasteiger partial charge in [0.1, 0.15) is 18.8 Å². The van der Waals surface area contributed by atoms with E-state index in [1.165, 1.54) is 18.9 Å². The van der Waals surface area contributed by atoms with Crippen molar-refractivity contribution in [2.75, 3.05) is 7.11 Å². The second-order valence-corrected chi connectivity index (χ2v) is 6.87. The average Bonchev–Trinajstić information content (AvgIpc) is 2.76. The quantitative estimate of drug-likeness (QED) is 0.647. The van der Waals surface area contributed by atoms with Crippen molar-refractivity contribution in [1.29, 1.82) is 0 Å². The normalized spacial score (nSPS) is 16.5. The number of methoxy groups -OCH3 is 1. The molecule has 0 amide bonds. The second-order valence-electron chi connectivity index (χ2n) is 6.87. The first kappa shape index (κ1) is 20.0. The van der Waals surface area contributed by atoms with Crippen LogP contribution < -0.4 is 5.32 Å². The number of rotatable bonds is 9. The molecule has 1 aliphatic carbocycles. The van der Waals surface area contributed by atoms with Crippen molar-refractivity contribution in [1.82, 2.24) is 5.32 Å². The Hall–Kier alpha value is -2.79. The molecule has 1 atom stereocenters. The first-order chi connectivity index (χ1) is 13.7. The number of hydrogen-bond acceptors (Lipinski definition) is 5. The molecular weight excluding hydrogens is 354 g/mol. The number of ether oxygens (including phenoxy) is 3. The van der Waals surface area contributed by atoms with Crippen molar-refractivity contribution in [2.24, 2.45) is 0 Å². The van der Waals surface area contributed by atoms with E-state index in [0.717, 1.165) is 36.1 Å². The van der Waals surface area contributed by atoms with Crippen LogP contribution in [-0.2, 0) is 32.0 Å². The van der Waals surface area contributed by atoms with Crippen LogP contribution in [0.2, 0.25) is 0 Å². The van der Waals surface area contributed by atoms with Crippen LogP contribution in [-0.4, -0.2) is 19.1 Å². The molecular formula is C23H27NO4. The van der Waals surface area contributed by atoms with Gasteiger partial charge in [0.05, 0.1) is 13.2 Å². The van der Waals surface area contributed by atoms with Crippen LogP contribution in [0.4, 0.5) is 0 Å². The van der Waals surface area contributed by atoms with Crippen LogP contribution >= 0.6 is 0 Å². The minimum atomic E-state index is -0.187. The van der Waals surface area contributed by atoms with Gasteiger partial charge in [0, 0.05) is 13.0 Å². The van der Waals surface area contributed by atoms with E-state index in [2.05, 4.69) is 35.7 Å². The van der Waals surface area contributed by atoms with Crippen LogP contribution in [0.5, 0.6) is 0 Å². The minimum absolute atomic E-state index is 0.0291. The highest BCUT2D eigenvalue weighted by Gasteiger charge is 2.19. The Labute approximate surface area is 166 Å². The lowest BCUT2D eigenvalue weighted by molar-refractivity contribution is -0.140. The smallest absolute Gasteiger partial charge is 0.305 e. The summed E-state index contributed by atoms with van der Waals surface area (Å²) in [6, 6.07) is 8.30. The molecule has 0 aromatic heterocycles. The van der Waals surface area contributed by atoms with Crippen LogP contribution in [0.1, 0.15) is 36.8 Å². The molecule has 0 spiro atoms. The summed E-state index contributed by atoms with van der Waals surface area (Å²) in [5.41, 5.74) is 3.68. The number of carbonyl (C=O) groups excluding carboxylic acids is 1. The fourth-order valence-corrected chi connectivity index (χ4v) is 3.28. The van der Waals surface area contributed by atoms with Crippen molar-refractivity contribution < 1.29 is 19.0 Å². The van der Waals surface area contributed by atoms with Gasteiger partial charge < -0.3 is 19.5 Å². The maximum Gasteiger partial charge on any atom is 0.305 e. The molecule has 1 unspecified atom stereocenters. The van der Waals surface area contributed by atoms with E-state index in [1.54, 1.807) is 12.5 Å². The van der Waals surface area contributed by atoms with Gasteiger partial charge in [0.2, 0.25) is 0 Å². The minimum Gasteiger partial charge on any atom is -0.469 e. The van der Waals surface area contributed by atoms with E-state index >= 15 is 0 Å². The molecule has 0 radical (unpaired) electrons. The average molecular weight is 381 g/mol. The fraction of sp³-hybridized carbons (Fsp3) is 0.348. The van der Waals surface area contributed by atoms with E-state index in [9.17, 15) is 4.79 Å². The summed E-state index contributed by atoms with van der Waals surface area (Å²) in [5.74, 6) is 0.590. The Bertz CT molecular complexity index is 792. The number of esters is 1. The van der Waals surface area contributed by atoms with Gasteiger partial charge in [-0.1, -0.05) is 48.1 Å². The zero-order valence-corrected chi connectivity index (χ0v) is 16.2. The maximum absolute atomic E-state index is 11.4. The third-order valence-corrected chi connectivity index (χ3v) is 4.82. The Morgan fingerprint density at radius 3 is 2.93 bits per heavy atom. The lowest BCUT2D eigenvalue weighted by atomic mass is 9.97. The third kappa shape index (κ3) is 6.13. The van der Waals surface area contributed by atoms with Crippen molar-refractivity contribution >= 4 is 5.97 Å². The summed E-state index contributed by atoms with van der Waals surface area (Å²) in [6.45, 7) is 0.699. The number of aryl methyl sites for hydroxylation is 1. The summed E-state index contributed by atoms with van der Waals surface area (Å²) < 4.78 is 15.7. The Morgan fingerprint density at radius 2 is 2.18 bits per heavy atom. The molecule has 2 aliphatic rings. The van der Waals surface area contributed by atoms with Gasteiger partial charge in [0.15, 0.2) is 5.76 Å². The Kier molecular flexibility index (Phi) is 7.50. The molecule has 1 aromatic carbocycles. The molecule has 148 valence electrons. The SMILES string of the molecule is COC(=O)CCc1cccc(CNC(CC2=CC=CCC2)C2=COC=CO2)c1. The predicted octanol–water partition coefficient (Wildman–Crippen LogP) is 4.28. The zero-order valence-electron chi connectivity index (χ0n) is 16.2. The molecule has 5 heteroatoms. The summed E-state index contributed by atoms with van der Waals surface area (Å²) in [7, 11) is 1.42. The Morgan fingerprint density at radius 1 is 1.29 bits per heavy atom. The molecule has 1 aliphatic heterocycles. The lowest BCUT2D eigenvalue weighted by Gasteiger charge is -2.24. The van der Waals surface area contributed by atoms with Crippen LogP contribution in [0.3, 0.4) is 0 Å². The maximum atomic E-state index is 11.4. The van der Waals surface area contributed by atoms with Crippen molar-refractivity contribution in [3.63, 3.8) is 0 Å². The molecule has 1 aromatic rings. The van der Waals surface area contributed by atoms with E-state index < -0.39 is 0 Å². The topological polar surface area (TPSA) is 56.8 Å². The van der Waals surface area contributed by atoms with Crippen LogP contribution in [0.25, 0.3) is 0 Å². The predicted molar refractivity (Wildman–Crippen MR) is 108 cm³/mol. The van der Waals surface area contributed by atoms with Crippen molar-refractivity contribution in [3.8, 4) is 0 Å². The van der Waals surface area contributed by atoms with Crippen LogP contribution in [0, 0.1) is 0 Å². The van der Waals surface area contributed by atoms with E-state index in [4.69, 9.17) is 14.2 Å². The van der Waals surface area contributed by atoms with Crippen molar-refractivity contribution in [3.05, 3.63) is 83.7 Å². The van der Waals surface area contributed by atoms with E-state index in [0.29, 0.717) is 19.4 Å². The van der Waals surface area contributed by atoms with Gasteiger partial charge in [-0.3, -0.25) is 4.79 Å². The monoisotopic (exact) mass is 381 g/mol. The van der Waals surface area contributed by atoms with Crippen LogP contribution in [0.15, 0.2) is 72.6 Å². The fourth-order valence-electron chi connectivity index (χ4n) is 3.28. The summed E-state index contributed by atoms with van der Waals surface area (Å²) in [5, 5.41) is 3.59. The molecule has 0 bridgehead atoms. The van der Waals surface area contributed by atoms with Gasteiger partial charge in [0.25, 0.3) is 0 Å². The first-order valence-corrected chi connectivity index (χ1v) is 9.64. The summed E-state index contributed by atoms with van der Waals surface area (Å²) >= 11 is 0. The summed E-state index contributed by atoms with van der Waals surface area (Å²) in [4.78, 5) is 11.4. The molecule has 0 saturated heterocycles. The van der Waals surface area contributed by atoms with E-state index in [1.807, 2.05) is 12.1 Å². The molecule has 1 heterocycles. The zero-order chi connectivity index (χ0) is 19.6. The third-order valence-electron chi connectivity index (χ3n) is 4.82. The number of nitrogens with one attached hydrogen (secondary N) is 1. The number of hydrogen-bond donors (Lipinski definition) is 1. The number of allylic oxidation sites excluding steroid dienone is 3. The van der Waals surface area contributed by atoms with Crippen molar-refractivity contribution in [2.45, 2.75) is 44.7 Å². The second kappa shape index (κ2) is 10.5. The molecule has 0 fully saturated rings. The van der Waals surface area contributed by atoms with E-state index in [-0.39, 0.29) is 12.0 Å². The standard InChI is InChI=1S/C23H27NO4/c1-26-23(25)11-10-19-8-5-9-20(14-19)16-24-21(22-17-27-12-13-28-22)15-18-6-3-2-4-7-18/h2-3,5-6,8-9,12-14,17,21,24H,4,7,10-11,15-16H2,1H3. The number of benzene rings is 1. The first-order valence-electron chi connectivity index (χ1n) is 9.64. The molecule has 3 rings (SSSR count). The van der Waals surface area contributed by atoms with Gasteiger partial charge in [-0.15, -0.1) is 0 Å². The lowest BCUT2D eigenvalue weighted by Crippen LogP contribution is -2.32.